The highest BCUT2D eigenvalue weighted by Gasteiger charge is 2.39. The number of imidazole rings is 1. The summed E-state index contributed by atoms with van der Waals surface area (Å²) in [5.74, 6) is 4.85. The number of sulfonamides is 2. The van der Waals surface area contributed by atoms with Gasteiger partial charge in [-0.1, -0.05) is 24.8 Å². The number of halogens is 1. The van der Waals surface area contributed by atoms with Gasteiger partial charge in [-0.05, 0) is 43.3 Å². The molecule has 10 nitrogen and oxygen atoms in total. The van der Waals surface area contributed by atoms with Gasteiger partial charge in [0.25, 0.3) is 10.0 Å². The summed E-state index contributed by atoms with van der Waals surface area (Å²) < 4.78 is 77.3. The van der Waals surface area contributed by atoms with Gasteiger partial charge < -0.3 is 14.4 Å². The third kappa shape index (κ3) is 6.21. The van der Waals surface area contributed by atoms with E-state index in [9.17, 15) is 26.3 Å². The second-order valence-electron chi connectivity index (χ2n) is 9.82. The lowest BCUT2D eigenvalue weighted by atomic mass is 10.0. The summed E-state index contributed by atoms with van der Waals surface area (Å²) in [5.41, 5.74) is 0.859. The van der Waals surface area contributed by atoms with Gasteiger partial charge in [-0.3, -0.25) is 0 Å². The largest absolute Gasteiger partial charge is 0.487 e. The average Bonchev–Trinajstić information content (AvgIpc) is 3.36. The zero-order valence-electron chi connectivity index (χ0n) is 22.5. The number of likely N-dealkylation sites (N-methyl/N-ethyl adjacent to an activating group) is 1. The molecule has 1 aliphatic rings. The van der Waals surface area contributed by atoms with Crippen LogP contribution in [0.25, 0.3) is 0 Å². The van der Waals surface area contributed by atoms with Crippen LogP contribution in [0.2, 0.25) is 0 Å². The maximum atomic E-state index is 13.7. The Hall–Kier alpha value is -3.28. The minimum Gasteiger partial charge on any atom is -0.487 e. The predicted octanol–water partition coefficient (Wildman–Crippen LogP) is 2.05. The summed E-state index contributed by atoms with van der Waals surface area (Å²) in [7, 11) is -4.97. The van der Waals surface area contributed by atoms with E-state index in [4.69, 9.17) is 4.74 Å². The standard InChI is InChI=1S/C27H31FN4O6S2/c1-19-14-32(20(2)17-33)39(34,35)26-11-10-22(9-8-21-6-5-7-23(28)12-21)13-24(26)38-25(19)15-31(4)40(36,37)27-16-30(3)18-29-27/h5-7,10-13,16,18-20,25,33H,14-15,17H2,1-4H3/t19-,20+,25+/m0/s1. The lowest BCUT2D eigenvalue weighted by molar-refractivity contribution is 0.0904. The highest BCUT2D eigenvalue weighted by molar-refractivity contribution is 7.89. The zero-order valence-corrected chi connectivity index (χ0v) is 24.2. The Morgan fingerprint density at radius 2 is 1.93 bits per heavy atom. The van der Waals surface area contributed by atoms with Crippen LogP contribution in [-0.4, -0.2) is 79.0 Å². The van der Waals surface area contributed by atoms with Crippen molar-refractivity contribution >= 4 is 20.0 Å². The van der Waals surface area contributed by atoms with E-state index in [-0.39, 0.29) is 28.8 Å². The Morgan fingerprint density at radius 3 is 2.55 bits per heavy atom. The van der Waals surface area contributed by atoms with Crippen LogP contribution in [0.1, 0.15) is 25.0 Å². The SMILES string of the molecule is C[C@H](CO)N1C[C@H](C)[C@@H](CN(C)S(=O)(=O)c2cn(C)cn2)Oc2cc(C#Cc3cccc(F)c3)ccc2S1(=O)=O. The molecule has 0 bridgehead atoms. The maximum Gasteiger partial charge on any atom is 0.261 e. The molecule has 1 aliphatic heterocycles. The molecule has 3 atom stereocenters. The summed E-state index contributed by atoms with van der Waals surface area (Å²) in [6.07, 6.45) is 2.01. The number of fused-ring (bicyclic) bond motifs is 1. The lowest BCUT2D eigenvalue weighted by Gasteiger charge is -2.37. The molecule has 3 aromatic rings. The van der Waals surface area contributed by atoms with E-state index < -0.39 is 50.5 Å². The Balaban J connectivity index is 1.75. The number of aryl methyl sites for hydroxylation is 1. The monoisotopic (exact) mass is 590 g/mol. The molecular weight excluding hydrogens is 559 g/mol. The van der Waals surface area contributed by atoms with Crippen LogP contribution < -0.4 is 4.74 Å². The fourth-order valence-corrected chi connectivity index (χ4v) is 7.23. The first-order valence-corrected chi connectivity index (χ1v) is 15.4. The first-order chi connectivity index (χ1) is 18.8. The van der Waals surface area contributed by atoms with Crippen LogP contribution in [0.4, 0.5) is 4.39 Å². The highest BCUT2D eigenvalue weighted by atomic mass is 32.2. The van der Waals surface area contributed by atoms with Crippen LogP contribution >= 0.6 is 0 Å². The quantitative estimate of drug-likeness (QED) is 0.436. The number of nitrogens with zero attached hydrogens (tertiary/aromatic N) is 4. The van der Waals surface area contributed by atoms with Crippen molar-refractivity contribution in [3.05, 3.63) is 71.9 Å². The number of benzene rings is 2. The van der Waals surface area contributed by atoms with Gasteiger partial charge in [0.05, 0.1) is 19.5 Å². The third-order valence-corrected chi connectivity index (χ3v) is 10.4. The topological polar surface area (TPSA) is 122 Å². The minimum atomic E-state index is -4.09. The van der Waals surface area contributed by atoms with E-state index >= 15 is 0 Å². The van der Waals surface area contributed by atoms with Gasteiger partial charge in [0, 0.05) is 49.9 Å². The van der Waals surface area contributed by atoms with Gasteiger partial charge in [0.2, 0.25) is 10.0 Å². The molecule has 2 aromatic carbocycles. The zero-order chi connectivity index (χ0) is 29.2. The van der Waals surface area contributed by atoms with Crippen molar-refractivity contribution in [3.8, 4) is 17.6 Å². The molecule has 4 rings (SSSR count). The smallest absolute Gasteiger partial charge is 0.261 e. The van der Waals surface area contributed by atoms with Crippen LogP contribution in [-0.2, 0) is 27.1 Å². The van der Waals surface area contributed by atoms with Crippen molar-refractivity contribution in [2.24, 2.45) is 13.0 Å². The Kier molecular flexibility index (Phi) is 8.67. The summed E-state index contributed by atoms with van der Waals surface area (Å²) in [4.78, 5) is 3.83. The molecule has 0 saturated carbocycles. The first-order valence-electron chi connectivity index (χ1n) is 12.5. The molecular formula is C27H31FN4O6S2. The molecule has 40 heavy (non-hydrogen) atoms. The Morgan fingerprint density at radius 1 is 1.23 bits per heavy atom. The van der Waals surface area contributed by atoms with Crippen molar-refractivity contribution < 1.29 is 31.1 Å². The van der Waals surface area contributed by atoms with E-state index in [0.29, 0.717) is 11.1 Å². The molecule has 0 aliphatic carbocycles. The van der Waals surface area contributed by atoms with Crippen molar-refractivity contribution in [2.45, 2.75) is 35.9 Å². The van der Waals surface area contributed by atoms with Crippen LogP contribution in [0.3, 0.4) is 0 Å². The molecule has 214 valence electrons. The fraction of sp³-hybridized carbons (Fsp3) is 0.370. The third-order valence-electron chi connectivity index (χ3n) is 6.64. The number of ether oxygens (including phenoxy) is 1. The van der Waals surface area contributed by atoms with Crippen molar-refractivity contribution in [1.82, 2.24) is 18.2 Å². The van der Waals surface area contributed by atoms with Gasteiger partial charge in [-0.15, -0.1) is 0 Å². The summed E-state index contributed by atoms with van der Waals surface area (Å²) >= 11 is 0. The van der Waals surface area contributed by atoms with E-state index in [1.165, 1.54) is 64.8 Å². The van der Waals surface area contributed by atoms with E-state index in [1.807, 2.05) is 0 Å². The van der Waals surface area contributed by atoms with Gasteiger partial charge in [-0.25, -0.2) is 26.2 Å². The summed E-state index contributed by atoms with van der Waals surface area (Å²) in [6.45, 7) is 2.85. The minimum absolute atomic E-state index is 0.00126. The number of hydrogen-bond acceptors (Lipinski definition) is 7. The van der Waals surface area contributed by atoms with E-state index in [1.54, 1.807) is 27.0 Å². The van der Waals surface area contributed by atoms with Crippen LogP contribution in [0, 0.1) is 23.6 Å². The molecule has 0 fully saturated rings. The molecule has 0 amide bonds. The normalized spacial score (nSPS) is 20.0. The second kappa shape index (κ2) is 11.7. The second-order valence-corrected chi connectivity index (χ2v) is 13.7. The maximum absolute atomic E-state index is 13.7. The predicted molar refractivity (Wildman–Crippen MR) is 146 cm³/mol. The molecule has 0 saturated heterocycles. The number of rotatable bonds is 6. The number of aliphatic hydroxyl groups excluding tert-OH is 1. The van der Waals surface area contributed by atoms with Crippen LogP contribution in [0.5, 0.6) is 5.75 Å². The number of aliphatic hydroxyl groups is 1. The van der Waals surface area contributed by atoms with E-state index in [0.717, 1.165) is 4.31 Å². The molecule has 0 unspecified atom stereocenters. The summed E-state index contributed by atoms with van der Waals surface area (Å²) in [6, 6.07) is 9.40. The van der Waals surface area contributed by atoms with Gasteiger partial charge in [-0.2, -0.15) is 8.61 Å². The van der Waals surface area contributed by atoms with Gasteiger partial charge in [0.15, 0.2) is 5.03 Å². The highest BCUT2D eigenvalue weighted by Crippen LogP contribution is 2.34. The molecule has 0 radical (unpaired) electrons. The average molecular weight is 591 g/mol. The molecule has 13 heteroatoms. The number of hydrogen-bond donors (Lipinski definition) is 1. The van der Waals surface area contributed by atoms with Crippen molar-refractivity contribution in [1.29, 1.82) is 0 Å². The Labute approximate surface area is 234 Å². The molecule has 0 spiro atoms. The fourth-order valence-electron chi connectivity index (χ4n) is 4.27. The summed E-state index contributed by atoms with van der Waals surface area (Å²) in [5, 5.41) is 9.70. The van der Waals surface area contributed by atoms with Gasteiger partial charge >= 0.3 is 0 Å². The Bertz CT molecular complexity index is 1660. The molecule has 1 N–H and O–H groups in total. The van der Waals surface area contributed by atoms with Crippen molar-refractivity contribution in [2.75, 3.05) is 26.7 Å². The van der Waals surface area contributed by atoms with E-state index in [2.05, 4.69) is 16.8 Å². The first kappa shape index (κ1) is 29.7. The van der Waals surface area contributed by atoms with Crippen molar-refractivity contribution in [3.63, 3.8) is 0 Å². The number of aromatic nitrogens is 2. The molecule has 1 aromatic heterocycles. The lowest BCUT2D eigenvalue weighted by Crippen LogP contribution is -2.50. The molecule has 2 heterocycles. The van der Waals surface area contributed by atoms with Crippen LogP contribution in [0.15, 0.2) is 64.9 Å². The van der Waals surface area contributed by atoms with Gasteiger partial charge in [0.1, 0.15) is 22.6 Å².